The van der Waals surface area contributed by atoms with Crippen molar-refractivity contribution < 1.29 is 18.5 Å². The third kappa shape index (κ3) is 3.43. The Hall–Kier alpha value is -1.72. The van der Waals surface area contributed by atoms with Gasteiger partial charge in [0.05, 0.1) is 22.1 Å². The van der Waals surface area contributed by atoms with Crippen LogP contribution in [0.5, 0.6) is 0 Å². The molecule has 0 spiro atoms. The first-order valence-electron chi connectivity index (χ1n) is 5.63. The number of hydrogen-bond donors (Lipinski definition) is 1. The van der Waals surface area contributed by atoms with Crippen molar-refractivity contribution in [1.29, 1.82) is 0 Å². The standard InChI is InChI=1S/C14H10ClFO3S/c15-11-2-1-3-12(7-11)20(19)8-10-6-9(14(17)18)4-5-13(10)16/h1-7H,8H2,(H,17,18). The van der Waals surface area contributed by atoms with E-state index in [0.717, 1.165) is 6.07 Å². The highest BCUT2D eigenvalue weighted by atomic mass is 35.5. The molecule has 2 aromatic rings. The maximum atomic E-state index is 13.6. The lowest BCUT2D eigenvalue weighted by Crippen LogP contribution is -2.03. The Balaban J connectivity index is 2.27. The molecule has 0 bridgehead atoms. The summed E-state index contributed by atoms with van der Waals surface area (Å²) in [6.45, 7) is 0. The number of carboxylic acid groups (broad SMARTS) is 1. The fourth-order valence-corrected chi connectivity index (χ4v) is 3.07. The SMILES string of the molecule is O=C(O)c1ccc(F)c(CS(=O)c2cccc(Cl)c2)c1. The van der Waals surface area contributed by atoms with Gasteiger partial charge in [0, 0.05) is 15.5 Å². The molecule has 6 heteroatoms. The van der Waals surface area contributed by atoms with Gasteiger partial charge in [0.1, 0.15) is 5.82 Å². The van der Waals surface area contributed by atoms with E-state index >= 15 is 0 Å². The fraction of sp³-hybridized carbons (Fsp3) is 0.0714. The number of carbonyl (C=O) groups is 1. The van der Waals surface area contributed by atoms with E-state index in [-0.39, 0.29) is 16.9 Å². The molecule has 0 heterocycles. The largest absolute Gasteiger partial charge is 0.478 e. The van der Waals surface area contributed by atoms with Gasteiger partial charge in [-0.3, -0.25) is 4.21 Å². The molecule has 1 N–H and O–H groups in total. The summed E-state index contributed by atoms with van der Waals surface area (Å²) < 4.78 is 25.8. The fourth-order valence-electron chi connectivity index (χ4n) is 1.65. The lowest BCUT2D eigenvalue weighted by Gasteiger charge is -2.06. The van der Waals surface area contributed by atoms with Crippen LogP contribution < -0.4 is 0 Å². The molecule has 0 amide bonds. The zero-order valence-corrected chi connectivity index (χ0v) is 11.7. The Morgan fingerprint density at radius 1 is 1.25 bits per heavy atom. The number of carboxylic acids is 1. The second-order valence-corrected chi connectivity index (χ2v) is 5.95. The topological polar surface area (TPSA) is 54.4 Å². The van der Waals surface area contributed by atoms with E-state index in [1.807, 2.05) is 0 Å². The number of benzene rings is 2. The molecule has 3 nitrogen and oxygen atoms in total. The molecule has 1 atom stereocenters. The predicted octanol–water partition coefficient (Wildman–Crippen LogP) is 3.49. The van der Waals surface area contributed by atoms with Crippen molar-refractivity contribution in [1.82, 2.24) is 0 Å². The van der Waals surface area contributed by atoms with Crippen LogP contribution >= 0.6 is 11.6 Å². The minimum absolute atomic E-state index is 0.0375. The summed E-state index contributed by atoms with van der Waals surface area (Å²) >= 11 is 5.80. The van der Waals surface area contributed by atoms with E-state index < -0.39 is 22.6 Å². The summed E-state index contributed by atoms with van der Waals surface area (Å²) in [7, 11) is -1.49. The lowest BCUT2D eigenvalue weighted by atomic mass is 10.1. The maximum Gasteiger partial charge on any atom is 0.335 e. The first-order chi connectivity index (χ1) is 9.47. The van der Waals surface area contributed by atoms with Gasteiger partial charge in [-0.2, -0.15) is 0 Å². The number of hydrogen-bond acceptors (Lipinski definition) is 2. The van der Waals surface area contributed by atoms with Crippen LogP contribution in [0, 0.1) is 5.82 Å². The highest BCUT2D eigenvalue weighted by Crippen LogP contribution is 2.19. The Labute approximate surface area is 122 Å². The third-order valence-corrected chi connectivity index (χ3v) is 4.23. The molecule has 20 heavy (non-hydrogen) atoms. The van der Waals surface area contributed by atoms with E-state index in [1.165, 1.54) is 18.2 Å². The molecule has 2 rings (SSSR count). The quantitative estimate of drug-likeness (QED) is 0.940. The van der Waals surface area contributed by atoms with Crippen molar-refractivity contribution in [2.24, 2.45) is 0 Å². The van der Waals surface area contributed by atoms with Crippen LogP contribution in [0.4, 0.5) is 4.39 Å². The van der Waals surface area contributed by atoms with Gasteiger partial charge in [-0.25, -0.2) is 9.18 Å². The van der Waals surface area contributed by atoms with Crippen LogP contribution in [0.2, 0.25) is 5.02 Å². The second-order valence-electron chi connectivity index (χ2n) is 4.06. The van der Waals surface area contributed by atoms with Gasteiger partial charge in [-0.1, -0.05) is 17.7 Å². The summed E-state index contributed by atoms with van der Waals surface area (Å²) in [6, 6.07) is 9.89. The van der Waals surface area contributed by atoms with Crippen LogP contribution in [0.1, 0.15) is 15.9 Å². The van der Waals surface area contributed by atoms with E-state index in [1.54, 1.807) is 18.2 Å². The summed E-state index contributed by atoms with van der Waals surface area (Å²) in [5.41, 5.74) is 0.0627. The molecular formula is C14H10ClFO3S. The average molecular weight is 313 g/mol. The second kappa shape index (κ2) is 6.15. The molecule has 0 aromatic heterocycles. The van der Waals surface area contributed by atoms with Gasteiger partial charge in [-0.15, -0.1) is 0 Å². The van der Waals surface area contributed by atoms with Gasteiger partial charge < -0.3 is 5.11 Å². The van der Waals surface area contributed by atoms with Gasteiger partial charge in [0.2, 0.25) is 0 Å². The van der Waals surface area contributed by atoms with Crippen molar-refractivity contribution in [3.05, 3.63) is 64.4 Å². The Morgan fingerprint density at radius 3 is 2.65 bits per heavy atom. The average Bonchev–Trinajstić information content (AvgIpc) is 2.41. The minimum atomic E-state index is -1.49. The van der Waals surface area contributed by atoms with Crippen LogP contribution in [0.25, 0.3) is 0 Å². The van der Waals surface area contributed by atoms with Gasteiger partial charge in [-0.05, 0) is 36.4 Å². The molecule has 0 fully saturated rings. The normalized spacial score (nSPS) is 12.1. The molecule has 104 valence electrons. The monoisotopic (exact) mass is 312 g/mol. The first-order valence-corrected chi connectivity index (χ1v) is 7.33. The van der Waals surface area contributed by atoms with Crippen molar-refractivity contribution in [2.75, 3.05) is 0 Å². The van der Waals surface area contributed by atoms with Gasteiger partial charge in [0.25, 0.3) is 0 Å². The van der Waals surface area contributed by atoms with Crippen LogP contribution in [-0.4, -0.2) is 15.3 Å². The van der Waals surface area contributed by atoms with Gasteiger partial charge in [0.15, 0.2) is 0 Å². The van der Waals surface area contributed by atoms with Crippen molar-refractivity contribution in [2.45, 2.75) is 10.6 Å². The smallest absolute Gasteiger partial charge is 0.335 e. The summed E-state index contributed by atoms with van der Waals surface area (Å²) in [6.07, 6.45) is 0. The summed E-state index contributed by atoms with van der Waals surface area (Å²) in [5.74, 6) is -1.84. The molecule has 0 radical (unpaired) electrons. The predicted molar refractivity (Wildman–Crippen MR) is 74.9 cm³/mol. The van der Waals surface area contributed by atoms with E-state index in [2.05, 4.69) is 0 Å². The third-order valence-electron chi connectivity index (χ3n) is 2.64. The highest BCUT2D eigenvalue weighted by Gasteiger charge is 2.12. The molecule has 0 aliphatic rings. The van der Waals surface area contributed by atoms with Crippen molar-refractivity contribution >= 4 is 28.4 Å². The molecule has 0 aliphatic heterocycles. The molecule has 0 aliphatic carbocycles. The van der Waals surface area contributed by atoms with Crippen LogP contribution in [-0.2, 0) is 16.6 Å². The van der Waals surface area contributed by atoms with Crippen molar-refractivity contribution in [3.63, 3.8) is 0 Å². The summed E-state index contributed by atoms with van der Waals surface area (Å²) in [4.78, 5) is 11.3. The van der Waals surface area contributed by atoms with Gasteiger partial charge >= 0.3 is 5.97 Å². The molecule has 0 saturated carbocycles. The minimum Gasteiger partial charge on any atom is -0.478 e. The number of rotatable bonds is 4. The van der Waals surface area contributed by atoms with E-state index in [0.29, 0.717) is 9.92 Å². The maximum absolute atomic E-state index is 13.6. The zero-order valence-electron chi connectivity index (χ0n) is 10.2. The Kier molecular flexibility index (Phi) is 4.52. The van der Waals surface area contributed by atoms with E-state index in [9.17, 15) is 13.4 Å². The highest BCUT2D eigenvalue weighted by molar-refractivity contribution is 7.84. The zero-order chi connectivity index (χ0) is 14.7. The van der Waals surface area contributed by atoms with Crippen LogP contribution in [0.15, 0.2) is 47.4 Å². The first kappa shape index (κ1) is 14.7. The lowest BCUT2D eigenvalue weighted by molar-refractivity contribution is 0.0696. The van der Waals surface area contributed by atoms with Crippen molar-refractivity contribution in [3.8, 4) is 0 Å². The van der Waals surface area contributed by atoms with E-state index in [4.69, 9.17) is 16.7 Å². The molecular weight excluding hydrogens is 303 g/mol. The molecule has 1 unspecified atom stereocenters. The summed E-state index contributed by atoms with van der Waals surface area (Å²) in [5, 5.41) is 9.31. The Morgan fingerprint density at radius 2 is 2.00 bits per heavy atom. The number of aromatic carboxylic acids is 1. The number of halogens is 2. The Bertz CT molecular complexity index is 688. The molecule has 2 aromatic carbocycles. The van der Waals surface area contributed by atoms with Crippen LogP contribution in [0.3, 0.4) is 0 Å². The molecule has 0 saturated heterocycles.